The Morgan fingerprint density at radius 1 is 0.944 bits per heavy atom. The van der Waals surface area contributed by atoms with E-state index in [0.29, 0.717) is 25.1 Å². The molecule has 0 aliphatic carbocycles. The highest BCUT2D eigenvalue weighted by atomic mass is 79.9. The highest BCUT2D eigenvalue weighted by Crippen LogP contribution is 2.22. The van der Waals surface area contributed by atoms with Crippen molar-refractivity contribution in [3.05, 3.63) is 100 Å². The first kappa shape index (κ1) is 28.0. The zero-order chi connectivity index (χ0) is 25.9. The van der Waals surface area contributed by atoms with Crippen molar-refractivity contribution in [3.63, 3.8) is 0 Å². The molecule has 0 aromatic heterocycles. The van der Waals surface area contributed by atoms with Crippen molar-refractivity contribution in [2.75, 3.05) is 5.75 Å². The summed E-state index contributed by atoms with van der Waals surface area (Å²) in [6, 6.07) is 25.6. The van der Waals surface area contributed by atoms with Crippen LogP contribution in [0.5, 0.6) is 0 Å². The molecule has 0 aliphatic rings. The van der Waals surface area contributed by atoms with E-state index in [1.807, 2.05) is 68.4 Å². The molecule has 0 saturated carbocycles. The zero-order valence-electron chi connectivity index (χ0n) is 21.2. The fourth-order valence-corrected chi connectivity index (χ4v) is 4.92. The van der Waals surface area contributed by atoms with Crippen LogP contribution in [-0.2, 0) is 22.6 Å². The van der Waals surface area contributed by atoms with Crippen LogP contribution in [0.3, 0.4) is 0 Å². The third-order valence-electron chi connectivity index (χ3n) is 6.14. The second-order valence-corrected chi connectivity index (χ2v) is 11.2. The summed E-state index contributed by atoms with van der Waals surface area (Å²) in [5.74, 6) is 0.534. The summed E-state index contributed by atoms with van der Waals surface area (Å²) < 4.78 is 0.981. The van der Waals surface area contributed by atoms with Crippen molar-refractivity contribution < 1.29 is 9.59 Å². The van der Waals surface area contributed by atoms with E-state index in [9.17, 15) is 9.59 Å². The number of halogens is 1. The van der Waals surface area contributed by atoms with Crippen molar-refractivity contribution in [2.45, 2.75) is 63.6 Å². The third kappa shape index (κ3) is 8.82. The normalized spacial score (nSPS) is 12.6. The maximum atomic E-state index is 13.7. The Labute approximate surface area is 228 Å². The number of carbonyl (C=O) groups excluding carboxylic acids is 2. The van der Waals surface area contributed by atoms with Crippen molar-refractivity contribution in [1.29, 1.82) is 0 Å². The Bertz CT molecular complexity index is 1100. The average Bonchev–Trinajstić information content (AvgIpc) is 2.88. The van der Waals surface area contributed by atoms with E-state index < -0.39 is 6.04 Å². The number of hydrogen-bond acceptors (Lipinski definition) is 3. The first-order chi connectivity index (χ1) is 17.4. The molecule has 190 valence electrons. The summed E-state index contributed by atoms with van der Waals surface area (Å²) in [5, 5.41) is 3.12. The number of carbonyl (C=O) groups is 2. The van der Waals surface area contributed by atoms with Crippen molar-refractivity contribution >= 4 is 39.5 Å². The summed E-state index contributed by atoms with van der Waals surface area (Å²) in [6.07, 6.45) is 1.66. The molecule has 2 amide bonds. The minimum absolute atomic E-state index is 0.0160. The molecule has 0 radical (unpaired) electrons. The molecule has 0 spiro atoms. The molecular formula is C30H35BrN2O2S. The number of nitrogens with one attached hydrogen (secondary N) is 1. The lowest BCUT2D eigenvalue weighted by molar-refractivity contribution is -0.141. The second kappa shape index (κ2) is 14.2. The molecule has 3 aromatic rings. The lowest BCUT2D eigenvalue weighted by Gasteiger charge is -2.32. The Kier molecular flexibility index (Phi) is 11.1. The highest BCUT2D eigenvalue weighted by Gasteiger charge is 2.30. The molecule has 0 aliphatic heterocycles. The Balaban J connectivity index is 1.84. The van der Waals surface area contributed by atoms with Gasteiger partial charge in [-0.15, -0.1) is 11.8 Å². The Hall–Kier alpha value is -2.57. The van der Waals surface area contributed by atoms with Crippen LogP contribution in [-0.4, -0.2) is 34.6 Å². The van der Waals surface area contributed by atoms with E-state index in [0.717, 1.165) is 26.9 Å². The predicted molar refractivity (Wildman–Crippen MR) is 153 cm³/mol. The first-order valence-corrected chi connectivity index (χ1v) is 14.2. The predicted octanol–water partition coefficient (Wildman–Crippen LogP) is 6.79. The SMILES string of the molecule is CC[C@@H](C)NC(=O)[C@@H](Cc1ccccc1)N(Cc1ccc(Br)cc1)C(=O)CCSc1ccc(C)cc1. The van der Waals surface area contributed by atoms with Gasteiger partial charge in [0.25, 0.3) is 0 Å². The lowest BCUT2D eigenvalue weighted by Crippen LogP contribution is -2.52. The summed E-state index contributed by atoms with van der Waals surface area (Å²) in [5.41, 5.74) is 3.24. The van der Waals surface area contributed by atoms with Crippen LogP contribution >= 0.6 is 27.7 Å². The summed E-state index contributed by atoms with van der Waals surface area (Å²) in [7, 11) is 0. The average molecular weight is 568 g/mol. The van der Waals surface area contributed by atoms with Gasteiger partial charge in [0.1, 0.15) is 6.04 Å². The van der Waals surface area contributed by atoms with Crippen LogP contribution < -0.4 is 5.32 Å². The van der Waals surface area contributed by atoms with Crippen molar-refractivity contribution in [2.24, 2.45) is 0 Å². The van der Waals surface area contributed by atoms with Gasteiger partial charge < -0.3 is 10.2 Å². The van der Waals surface area contributed by atoms with Gasteiger partial charge in [-0.05, 0) is 55.7 Å². The van der Waals surface area contributed by atoms with Gasteiger partial charge in [-0.1, -0.05) is 83.0 Å². The Morgan fingerprint density at radius 3 is 2.25 bits per heavy atom. The largest absolute Gasteiger partial charge is 0.352 e. The van der Waals surface area contributed by atoms with Crippen LogP contribution in [0.1, 0.15) is 43.4 Å². The van der Waals surface area contributed by atoms with Gasteiger partial charge >= 0.3 is 0 Å². The quantitative estimate of drug-likeness (QED) is 0.245. The monoisotopic (exact) mass is 566 g/mol. The first-order valence-electron chi connectivity index (χ1n) is 12.4. The molecule has 0 saturated heterocycles. The fraction of sp³-hybridized carbons (Fsp3) is 0.333. The molecule has 36 heavy (non-hydrogen) atoms. The number of benzene rings is 3. The molecular weight excluding hydrogens is 532 g/mol. The minimum atomic E-state index is -0.595. The van der Waals surface area contributed by atoms with Gasteiger partial charge in [-0.3, -0.25) is 9.59 Å². The van der Waals surface area contributed by atoms with Crippen LogP contribution in [0.15, 0.2) is 88.2 Å². The third-order valence-corrected chi connectivity index (χ3v) is 7.69. The summed E-state index contributed by atoms with van der Waals surface area (Å²) in [4.78, 5) is 30.1. The van der Waals surface area contributed by atoms with Crippen LogP contribution in [0.4, 0.5) is 0 Å². The molecule has 1 N–H and O–H groups in total. The van der Waals surface area contributed by atoms with Crippen molar-refractivity contribution in [3.8, 4) is 0 Å². The van der Waals surface area contributed by atoms with Crippen LogP contribution in [0.2, 0.25) is 0 Å². The van der Waals surface area contributed by atoms with Gasteiger partial charge in [0.05, 0.1) is 0 Å². The van der Waals surface area contributed by atoms with Gasteiger partial charge in [-0.2, -0.15) is 0 Å². The number of nitrogens with zero attached hydrogens (tertiary/aromatic N) is 1. The van der Waals surface area contributed by atoms with Crippen LogP contribution in [0, 0.1) is 6.92 Å². The van der Waals surface area contributed by atoms with E-state index in [2.05, 4.69) is 52.4 Å². The topological polar surface area (TPSA) is 49.4 Å². The smallest absolute Gasteiger partial charge is 0.243 e. The fourth-order valence-electron chi connectivity index (χ4n) is 3.82. The maximum Gasteiger partial charge on any atom is 0.243 e. The molecule has 0 heterocycles. The molecule has 0 bridgehead atoms. The molecule has 4 nitrogen and oxygen atoms in total. The summed E-state index contributed by atoms with van der Waals surface area (Å²) in [6.45, 7) is 6.49. The highest BCUT2D eigenvalue weighted by molar-refractivity contribution is 9.10. The van der Waals surface area contributed by atoms with E-state index in [4.69, 9.17) is 0 Å². The van der Waals surface area contributed by atoms with Crippen molar-refractivity contribution in [1.82, 2.24) is 10.2 Å². The van der Waals surface area contributed by atoms with Gasteiger partial charge in [0, 0.05) is 40.5 Å². The number of amides is 2. The van der Waals surface area contributed by atoms with E-state index >= 15 is 0 Å². The number of hydrogen-bond donors (Lipinski definition) is 1. The molecule has 2 atom stereocenters. The van der Waals surface area contributed by atoms with E-state index in [1.165, 1.54) is 5.56 Å². The Morgan fingerprint density at radius 2 is 1.61 bits per heavy atom. The van der Waals surface area contributed by atoms with E-state index in [1.54, 1.807) is 16.7 Å². The van der Waals surface area contributed by atoms with Gasteiger partial charge in [0.2, 0.25) is 11.8 Å². The molecule has 3 aromatic carbocycles. The lowest BCUT2D eigenvalue weighted by atomic mass is 10.0. The standard InChI is InChI=1S/C30H35BrN2O2S/c1-4-23(3)32-30(35)28(20-24-8-6-5-7-9-24)33(21-25-12-14-26(31)15-13-25)29(34)18-19-36-27-16-10-22(2)11-17-27/h5-17,23,28H,4,18-21H2,1-3H3,(H,32,35)/t23-,28-/m1/s1. The number of aryl methyl sites for hydroxylation is 1. The van der Waals surface area contributed by atoms with Crippen LogP contribution in [0.25, 0.3) is 0 Å². The van der Waals surface area contributed by atoms with Gasteiger partial charge in [-0.25, -0.2) is 0 Å². The zero-order valence-corrected chi connectivity index (χ0v) is 23.6. The molecule has 3 rings (SSSR count). The second-order valence-electron chi connectivity index (χ2n) is 9.08. The molecule has 6 heteroatoms. The number of thioether (sulfide) groups is 1. The summed E-state index contributed by atoms with van der Waals surface area (Å²) >= 11 is 5.15. The molecule has 0 unspecified atom stereocenters. The minimum Gasteiger partial charge on any atom is -0.352 e. The maximum absolute atomic E-state index is 13.7. The molecule has 0 fully saturated rings. The van der Waals surface area contributed by atoms with E-state index in [-0.39, 0.29) is 17.9 Å². The van der Waals surface area contributed by atoms with Gasteiger partial charge in [0.15, 0.2) is 0 Å². The number of rotatable bonds is 12.